The lowest BCUT2D eigenvalue weighted by atomic mass is 10.4. The second kappa shape index (κ2) is 4.89. The number of imide groups is 1. The summed E-state index contributed by atoms with van der Waals surface area (Å²) in [5, 5.41) is 2.05. The van der Waals surface area contributed by atoms with Crippen molar-refractivity contribution >= 4 is 22.0 Å². The maximum absolute atomic E-state index is 12.0. The fourth-order valence-electron chi connectivity index (χ4n) is 1.49. The molecule has 1 rings (SSSR count). The Labute approximate surface area is 94.6 Å². The summed E-state index contributed by atoms with van der Waals surface area (Å²) in [6.45, 7) is 3.42. The van der Waals surface area contributed by atoms with Crippen molar-refractivity contribution in [3.8, 4) is 0 Å². The fraction of sp³-hybridized carbons (Fsp3) is 0.750. The molecule has 1 heterocycles. The van der Waals surface area contributed by atoms with Gasteiger partial charge >= 0.3 is 0 Å². The number of rotatable bonds is 4. The van der Waals surface area contributed by atoms with E-state index in [4.69, 9.17) is 0 Å². The number of nitrogens with zero attached hydrogens (tertiary/aromatic N) is 2. The van der Waals surface area contributed by atoms with Crippen LogP contribution in [0.15, 0.2) is 0 Å². The molecule has 0 unspecified atom stereocenters. The average molecular weight is 249 g/mol. The van der Waals surface area contributed by atoms with Gasteiger partial charge in [-0.15, -0.1) is 0 Å². The second-order valence-electron chi connectivity index (χ2n) is 3.33. The minimum absolute atomic E-state index is 0.301. The van der Waals surface area contributed by atoms with Crippen LogP contribution < -0.4 is 5.32 Å². The van der Waals surface area contributed by atoms with Gasteiger partial charge in [-0.05, 0) is 0 Å². The summed E-state index contributed by atoms with van der Waals surface area (Å²) in [5.74, 6) is -1.18. The molecule has 0 radical (unpaired) electrons. The van der Waals surface area contributed by atoms with Crippen LogP contribution in [-0.2, 0) is 19.8 Å². The molecule has 0 aromatic heterocycles. The van der Waals surface area contributed by atoms with Crippen molar-refractivity contribution in [3.63, 3.8) is 0 Å². The molecular weight excluding hydrogens is 234 g/mol. The van der Waals surface area contributed by atoms with Crippen molar-refractivity contribution in [1.82, 2.24) is 13.9 Å². The van der Waals surface area contributed by atoms with Crippen molar-refractivity contribution in [3.05, 3.63) is 0 Å². The zero-order chi connectivity index (χ0) is 12.3. The predicted molar refractivity (Wildman–Crippen MR) is 56.6 cm³/mol. The molecule has 1 aliphatic heterocycles. The summed E-state index contributed by atoms with van der Waals surface area (Å²) >= 11 is 0. The highest BCUT2D eigenvalue weighted by Crippen LogP contribution is 2.09. The molecule has 16 heavy (non-hydrogen) atoms. The van der Waals surface area contributed by atoms with Gasteiger partial charge in [0.1, 0.15) is 0 Å². The molecule has 8 heteroatoms. The molecule has 1 N–H and O–H groups in total. The van der Waals surface area contributed by atoms with Crippen LogP contribution in [0.25, 0.3) is 0 Å². The number of nitrogens with one attached hydrogen (secondary N) is 1. The predicted octanol–water partition coefficient (Wildman–Crippen LogP) is -1.47. The standard InChI is InChI=1S/C8H15N3O4S/c1-3-10(4-2)16(14,15)11-5-7(12)9-8(13)6-11/h3-6H2,1-2H3,(H,9,12,13). The van der Waals surface area contributed by atoms with Gasteiger partial charge in [-0.2, -0.15) is 17.0 Å². The van der Waals surface area contributed by atoms with Gasteiger partial charge in [0.25, 0.3) is 10.2 Å². The largest absolute Gasteiger partial charge is 0.294 e. The molecule has 1 aliphatic rings. The van der Waals surface area contributed by atoms with E-state index in [1.807, 2.05) is 0 Å². The minimum Gasteiger partial charge on any atom is -0.294 e. The number of carbonyl (C=O) groups excluding carboxylic acids is 2. The summed E-state index contributed by atoms with van der Waals surface area (Å²) in [4.78, 5) is 22.1. The zero-order valence-electron chi connectivity index (χ0n) is 9.26. The highest BCUT2D eigenvalue weighted by molar-refractivity contribution is 7.86. The van der Waals surface area contributed by atoms with Crippen molar-refractivity contribution in [1.29, 1.82) is 0 Å². The number of carbonyl (C=O) groups is 2. The Balaban J connectivity index is 2.90. The van der Waals surface area contributed by atoms with E-state index in [0.717, 1.165) is 4.31 Å². The van der Waals surface area contributed by atoms with Gasteiger partial charge in [0.2, 0.25) is 11.8 Å². The molecule has 0 aromatic rings. The molecule has 0 atom stereocenters. The lowest BCUT2D eigenvalue weighted by molar-refractivity contribution is -0.134. The molecule has 1 saturated heterocycles. The maximum Gasteiger partial charge on any atom is 0.282 e. The van der Waals surface area contributed by atoms with E-state index in [1.165, 1.54) is 4.31 Å². The highest BCUT2D eigenvalue weighted by atomic mass is 32.2. The summed E-state index contributed by atoms with van der Waals surface area (Å²) in [5.41, 5.74) is 0. The first-order chi connectivity index (χ1) is 7.41. The summed E-state index contributed by atoms with van der Waals surface area (Å²) in [6.07, 6.45) is 0. The monoisotopic (exact) mass is 249 g/mol. The Morgan fingerprint density at radius 2 is 1.62 bits per heavy atom. The smallest absolute Gasteiger partial charge is 0.282 e. The van der Waals surface area contributed by atoms with Gasteiger partial charge < -0.3 is 0 Å². The Hall–Kier alpha value is -0.990. The lowest BCUT2D eigenvalue weighted by Crippen LogP contribution is -2.56. The van der Waals surface area contributed by atoms with E-state index < -0.39 is 22.0 Å². The Kier molecular flexibility index (Phi) is 4.00. The molecule has 92 valence electrons. The average Bonchev–Trinajstić information content (AvgIpc) is 2.17. The quantitative estimate of drug-likeness (QED) is 0.616. The summed E-state index contributed by atoms with van der Waals surface area (Å²) in [6, 6.07) is 0. The first-order valence-electron chi connectivity index (χ1n) is 4.99. The van der Waals surface area contributed by atoms with Crippen LogP contribution in [0.4, 0.5) is 0 Å². The Morgan fingerprint density at radius 1 is 1.19 bits per heavy atom. The van der Waals surface area contributed by atoms with E-state index in [9.17, 15) is 18.0 Å². The number of amides is 2. The van der Waals surface area contributed by atoms with E-state index in [2.05, 4.69) is 5.32 Å². The van der Waals surface area contributed by atoms with Gasteiger partial charge in [-0.25, -0.2) is 0 Å². The summed E-state index contributed by atoms with van der Waals surface area (Å²) in [7, 11) is -3.71. The molecular formula is C8H15N3O4S. The van der Waals surface area contributed by atoms with Crippen LogP contribution in [0.2, 0.25) is 0 Å². The molecule has 7 nitrogen and oxygen atoms in total. The molecule has 0 aromatic carbocycles. The topological polar surface area (TPSA) is 86.8 Å². The van der Waals surface area contributed by atoms with Crippen LogP contribution in [-0.4, -0.2) is 55.0 Å². The van der Waals surface area contributed by atoms with E-state index >= 15 is 0 Å². The van der Waals surface area contributed by atoms with Gasteiger partial charge in [-0.3, -0.25) is 14.9 Å². The van der Waals surface area contributed by atoms with Crippen molar-refractivity contribution in [2.24, 2.45) is 0 Å². The van der Waals surface area contributed by atoms with Gasteiger partial charge in [0.15, 0.2) is 0 Å². The first kappa shape index (κ1) is 13.1. The molecule has 2 amide bonds. The maximum atomic E-state index is 12.0. The number of hydrogen-bond acceptors (Lipinski definition) is 4. The third-order valence-corrected chi connectivity index (χ3v) is 4.36. The number of hydrogen-bond donors (Lipinski definition) is 1. The molecule has 0 spiro atoms. The molecule has 1 fully saturated rings. The van der Waals surface area contributed by atoms with Gasteiger partial charge in [0, 0.05) is 13.1 Å². The first-order valence-corrected chi connectivity index (χ1v) is 6.39. The van der Waals surface area contributed by atoms with Crippen molar-refractivity contribution in [2.75, 3.05) is 26.2 Å². The van der Waals surface area contributed by atoms with Crippen molar-refractivity contribution in [2.45, 2.75) is 13.8 Å². The molecule has 0 bridgehead atoms. The van der Waals surface area contributed by atoms with Gasteiger partial charge in [0.05, 0.1) is 13.1 Å². The normalized spacial score (nSPS) is 18.9. The SMILES string of the molecule is CCN(CC)S(=O)(=O)N1CC(=O)NC(=O)C1. The summed E-state index contributed by atoms with van der Waals surface area (Å²) < 4.78 is 26.0. The second-order valence-corrected chi connectivity index (χ2v) is 5.26. The zero-order valence-corrected chi connectivity index (χ0v) is 10.1. The van der Waals surface area contributed by atoms with Crippen molar-refractivity contribution < 1.29 is 18.0 Å². The highest BCUT2D eigenvalue weighted by Gasteiger charge is 2.34. The van der Waals surface area contributed by atoms with Crippen LogP contribution in [0.5, 0.6) is 0 Å². The van der Waals surface area contributed by atoms with E-state index in [1.54, 1.807) is 13.8 Å². The lowest BCUT2D eigenvalue weighted by Gasteiger charge is -2.29. The van der Waals surface area contributed by atoms with Crippen LogP contribution in [0.3, 0.4) is 0 Å². The van der Waals surface area contributed by atoms with Crippen LogP contribution in [0.1, 0.15) is 13.8 Å². The fourth-order valence-corrected chi connectivity index (χ4v) is 3.03. The molecule has 0 aliphatic carbocycles. The van der Waals surface area contributed by atoms with E-state index in [-0.39, 0.29) is 13.1 Å². The minimum atomic E-state index is -3.71. The Morgan fingerprint density at radius 3 is 2.00 bits per heavy atom. The number of piperazine rings is 1. The Bertz CT molecular complexity index is 372. The third kappa shape index (κ3) is 2.57. The van der Waals surface area contributed by atoms with E-state index in [0.29, 0.717) is 13.1 Å². The third-order valence-electron chi connectivity index (χ3n) is 2.28. The van der Waals surface area contributed by atoms with Gasteiger partial charge in [-0.1, -0.05) is 13.8 Å². The van der Waals surface area contributed by atoms with Crippen LogP contribution in [0, 0.1) is 0 Å². The van der Waals surface area contributed by atoms with Crippen LogP contribution >= 0.6 is 0 Å². The molecule has 0 saturated carbocycles.